The number of hydrogen-bond acceptors (Lipinski definition) is 3. The zero-order valence-corrected chi connectivity index (χ0v) is 15.2. The molecule has 0 saturated heterocycles. The summed E-state index contributed by atoms with van der Waals surface area (Å²) in [4.78, 5) is -0.291. The van der Waals surface area contributed by atoms with Crippen LogP contribution in [0, 0.1) is 11.8 Å². The fourth-order valence-corrected chi connectivity index (χ4v) is 3.14. The molecular weight excluding hydrogens is 309 g/mol. The zero-order valence-electron chi connectivity index (χ0n) is 12.3. The minimum absolute atomic E-state index is 0. The van der Waals surface area contributed by atoms with Crippen LogP contribution in [0.2, 0.25) is 0 Å². The standard InChI is InChI=1S/C14H18F2O3S.Na/c1-3-10(8-13-9(2)14(13,15)16)11-4-6-12(7-5-11)20(17,18)19;/h4-7,9-10,13H,3,8H2,1-2H3,(H,17,18,19);/q;+1/p-1. The summed E-state index contributed by atoms with van der Waals surface area (Å²) >= 11 is 0. The van der Waals surface area contributed by atoms with E-state index in [4.69, 9.17) is 0 Å². The van der Waals surface area contributed by atoms with Crippen molar-refractivity contribution in [1.82, 2.24) is 0 Å². The Morgan fingerprint density at radius 2 is 1.76 bits per heavy atom. The van der Waals surface area contributed by atoms with Gasteiger partial charge in [0.05, 0.1) is 4.90 Å². The molecule has 3 nitrogen and oxygen atoms in total. The molecular formula is C14H17F2NaO3S. The normalized spacial score (nSPS) is 25.0. The molecule has 2 rings (SSSR count). The van der Waals surface area contributed by atoms with Crippen LogP contribution >= 0.6 is 0 Å². The van der Waals surface area contributed by atoms with Crippen molar-refractivity contribution < 1.29 is 51.3 Å². The fraction of sp³-hybridized carbons (Fsp3) is 0.571. The van der Waals surface area contributed by atoms with E-state index in [0.29, 0.717) is 12.8 Å². The second-order valence-electron chi connectivity index (χ2n) is 5.43. The number of benzene rings is 1. The Hall–Kier alpha value is -0.0100. The van der Waals surface area contributed by atoms with E-state index in [2.05, 4.69) is 0 Å². The number of rotatable bonds is 5. The monoisotopic (exact) mass is 326 g/mol. The quantitative estimate of drug-likeness (QED) is 0.581. The van der Waals surface area contributed by atoms with E-state index in [-0.39, 0.29) is 40.4 Å². The van der Waals surface area contributed by atoms with Crippen molar-refractivity contribution >= 4 is 10.1 Å². The first-order valence-corrected chi connectivity index (χ1v) is 8.02. The smallest absolute Gasteiger partial charge is 0.744 e. The van der Waals surface area contributed by atoms with Gasteiger partial charge in [-0.3, -0.25) is 0 Å². The first-order valence-electron chi connectivity index (χ1n) is 6.61. The van der Waals surface area contributed by atoms with Gasteiger partial charge in [0.25, 0.3) is 5.92 Å². The van der Waals surface area contributed by atoms with Crippen LogP contribution in [0.4, 0.5) is 8.78 Å². The van der Waals surface area contributed by atoms with Crippen molar-refractivity contribution in [3.05, 3.63) is 29.8 Å². The van der Waals surface area contributed by atoms with Crippen LogP contribution in [-0.2, 0) is 10.1 Å². The average Bonchev–Trinajstić information content (AvgIpc) is 2.84. The van der Waals surface area contributed by atoms with E-state index in [1.165, 1.54) is 12.1 Å². The van der Waals surface area contributed by atoms with Gasteiger partial charge < -0.3 is 4.55 Å². The summed E-state index contributed by atoms with van der Waals surface area (Å²) in [5.41, 5.74) is 0.801. The molecule has 1 aromatic carbocycles. The van der Waals surface area contributed by atoms with Crippen LogP contribution in [0.3, 0.4) is 0 Å². The van der Waals surface area contributed by atoms with Crippen LogP contribution in [-0.4, -0.2) is 18.9 Å². The molecule has 0 amide bonds. The molecule has 1 fully saturated rings. The molecule has 0 aliphatic heterocycles. The molecule has 0 bridgehead atoms. The van der Waals surface area contributed by atoms with Crippen LogP contribution in [0.15, 0.2) is 29.2 Å². The number of hydrogen-bond donors (Lipinski definition) is 0. The van der Waals surface area contributed by atoms with Crippen LogP contribution in [0.25, 0.3) is 0 Å². The predicted octanol–water partition coefficient (Wildman–Crippen LogP) is 0.380. The van der Waals surface area contributed by atoms with Gasteiger partial charge in [0.15, 0.2) is 0 Å². The van der Waals surface area contributed by atoms with Gasteiger partial charge in [-0.15, -0.1) is 0 Å². The summed E-state index contributed by atoms with van der Waals surface area (Å²) < 4.78 is 59.1. The molecule has 3 unspecified atom stereocenters. The number of alkyl halides is 2. The molecule has 0 aromatic heterocycles. The van der Waals surface area contributed by atoms with E-state index < -0.39 is 27.9 Å². The van der Waals surface area contributed by atoms with Crippen molar-refractivity contribution in [2.24, 2.45) is 11.8 Å². The van der Waals surface area contributed by atoms with Gasteiger partial charge in [-0.05, 0) is 36.5 Å². The summed E-state index contributed by atoms with van der Waals surface area (Å²) in [7, 11) is -4.46. The van der Waals surface area contributed by atoms with Crippen molar-refractivity contribution in [2.45, 2.75) is 43.4 Å². The molecule has 7 heteroatoms. The molecule has 0 N–H and O–H groups in total. The van der Waals surface area contributed by atoms with Gasteiger partial charge >= 0.3 is 29.6 Å². The van der Waals surface area contributed by atoms with E-state index in [0.717, 1.165) is 5.56 Å². The third-order valence-electron chi connectivity index (χ3n) is 4.27. The Balaban J connectivity index is 0.00000220. The topological polar surface area (TPSA) is 57.2 Å². The van der Waals surface area contributed by atoms with Gasteiger partial charge in [0.2, 0.25) is 0 Å². The Morgan fingerprint density at radius 1 is 1.29 bits per heavy atom. The van der Waals surface area contributed by atoms with Crippen LogP contribution in [0.1, 0.15) is 38.2 Å². The van der Waals surface area contributed by atoms with Gasteiger partial charge in [0, 0.05) is 11.8 Å². The maximum Gasteiger partial charge on any atom is 1.00 e. The molecule has 1 saturated carbocycles. The van der Waals surface area contributed by atoms with Crippen molar-refractivity contribution in [1.29, 1.82) is 0 Å². The first kappa shape index (κ1) is 19.0. The summed E-state index contributed by atoms with van der Waals surface area (Å²) in [5, 5.41) is 0. The third-order valence-corrected chi connectivity index (χ3v) is 5.12. The zero-order chi connectivity index (χ0) is 15.1. The minimum atomic E-state index is -4.46. The second-order valence-corrected chi connectivity index (χ2v) is 6.81. The van der Waals surface area contributed by atoms with E-state index >= 15 is 0 Å². The summed E-state index contributed by atoms with van der Waals surface area (Å²) in [6.45, 7) is 3.46. The van der Waals surface area contributed by atoms with Crippen molar-refractivity contribution in [3.8, 4) is 0 Å². The molecule has 1 aliphatic carbocycles. The molecule has 1 aromatic rings. The summed E-state index contributed by atoms with van der Waals surface area (Å²) in [5.74, 6) is -3.81. The molecule has 112 valence electrons. The van der Waals surface area contributed by atoms with E-state index in [9.17, 15) is 21.8 Å². The van der Waals surface area contributed by atoms with E-state index in [1.54, 1.807) is 19.1 Å². The average molecular weight is 326 g/mol. The second kappa shape index (κ2) is 6.62. The van der Waals surface area contributed by atoms with Crippen molar-refractivity contribution in [3.63, 3.8) is 0 Å². The van der Waals surface area contributed by atoms with Crippen LogP contribution < -0.4 is 29.6 Å². The minimum Gasteiger partial charge on any atom is -0.744 e. The maximum atomic E-state index is 13.3. The molecule has 3 atom stereocenters. The van der Waals surface area contributed by atoms with E-state index in [1.807, 2.05) is 6.92 Å². The SMILES string of the molecule is CCC(CC1C(C)C1(F)F)c1ccc(S(=O)(=O)[O-])cc1.[Na+]. The molecule has 0 spiro atoms. The van der Waals surface area contributed by atoms with Gasteiger partial charge in [-0.25, -0.2) is 17.2 Å². The molecule has 0 heterocycles. The molecule has 0 radical (unpaired) electrons. The maximum absolute atomic E-state index is 13.3. The summed E-state index contributed by atoms with van der Waals surface area (Å²) in [6, 6.07) is 5.58. The first-order chi connectivity index (χ1) is 9.17. The number of halogens is 2. The Labute approximate surface area is 146 Å². The fourth-order valence-electron chi connectivity index (χ4n) is 2.67. The van der Waals surface area contributed by atoms with Gasteiger partial charge in [-0.2, -0.15) is 0 Å². The molecule has 1 aliphatic rings. The Morgan fingerprint density at radius 3 is 2.10 bits per heavy atom. The van der Waals surface area contributed by atoms with Gasteiger partial charge in [-0.1, -0.05) is 26.0 Å². The largest absolute Gasteiger partial charge is 1.00 e. The summed E-state index contributed by atoms with van der Waals surface area (Å²) in [6.07, 6.45) is 1.08. The van der Waals surface area contributed by atoms with Gasteiger partial charge in [0.1, 0.15) is 10.1 Å². The predicted molar refractivity (Wildman–Crippen MR) is 69.7 cm³/mol. The Kier molecular flexibility index (Phi) is 6.00. The molecule has 21 heavy (non-hydrogen) atoms. The third kappa shape index (κ3) is 4.05. The van der Waals surface area contributed by atoms with Crippen LogP contribution in [0.5, 0.6) is 0 Å². The Bertz CT molecular complexity index is 587. The van der Waals surface area contributed by atoms with Crippen molar-refractivity contribution in [2.75, 3.05) is 0 Å².